The van der Waals surface area contributed by atoms with Gasteiger partial charge in [0.1, 0.15) is 5.75 Å². The second kappa shape index (κ2) is 7.42. The number of pyridine rings is 1. The molecule has 0 aliphatic heterocycles. The monoisotopic (exact) mass is 319 g/mol. The van der Waals surface area contributed by atoms with Crippen LogP contribution in [-0.2, 0) is 4.74 Å². The molecule has 0 saturated carbocycles. The highest BCUT2D eigenvalue weighted by Gasteiger charge is 2.20. The molecule has 2 aromatic carbocycles. The van der Waals surface area contributed by atoms with Crippen molar-refractivity contribution in [3.63, 3.8) is 0 Å². The highest BCUT2D eigenvalue weighted by Crippen LogP contribution is 2.27. The number of carbonyl (C=O) groups excluding carboxylic acids is 1. The Morgan fingerprint density at radius 1 is 0.875 bits per heavy atom. The summed E-state index contributed by atoms with van der Waals surface area (Å²) >= 11 is 0. The maximum Gasteiger partial charge on any atom is 0.339 e. The Labute approximate surface area is 140 Å². The lowest BCUT2D eigenvalue weighted by Gasteiger charge is -2.19. The second-order valence-corrected chi connectivity index (χ2v) is 5.21. The minimum Gasteiger partial charge on any atom is -0.497 e. The number of nitrogens with zero attached hydrogens (tertiary/aromatic N) is 1. The number of hydrogen-bond donors (Lipinski definition) is 0. The molecule has 0 fully saturated rings. The third kappa shape index (κ3) is 3.60. The van der Waals surface area contributed by atoms with E-state index in [1.807, 2.05) is 42.5 Å². The van der Waals surface area contributed by atoms with Crippen molar-refractivity contribution < 1.29 is 14.3 Å². The molecule has 0 bridgehead atoms. The number of benzene rings is 2. The Bertz CT molecular complexity index is 747. The Balaban J connectivity index is 1.87. The molecule has 0 spiro atoms. The van der Waals surface area contributed by atoms with E-state index >= 15 is 0 Å². The number of carbonyl (C=O) groups is 1. The van der Waals surface area contributed by atoms with E-state index in [4.69, 9.17) is 9.47 Å². The van der Waals surface area contributed by atoms with Crippen LogP contribution in [0, 0.1) is 0 Å². The summed E-state index contributed by atoms with van der Waals surface area (Å²) in [5.74, 6) is 0.309. The maximum absolute atomic E-state index is 12.5. The molecule has 0 aliphatic carbocycles. The average Bonchev–Trinajstić information content (AvgIpc) is 2.67. The number of aromatic nitrogens is 1. The van der Waals surface area contributed by atoms with E-state index in [9.17, 15) is 4.79 Å². The van der Waals surface area contributed by atoms with Gasteiger partial charge in [0.2, 0.25) is 0 Å². The minimum absolute atomic E-state index is 0.386. The first-order valence-electron chi connectivity index (χ1n) is 7.58. The van der Waals surface area contributed by atoms with Gasteiger partial charge in [0.05, 0.1) is 12.7 Å². The van der Waals surface area contributed by atoms with Gasteiger partial charge in [-0.3, -0.25) is 4.98 Å². The van der Waals surface area contributed by atoms with Crippen molar-refractivity contribution in [3.05, 3.63) is 95.8 Å². The fourth-order valence-electron chi connectivity index (χ4n) is 2.40. The lowest BCUT2D eigenvalue weighted by atomic mass is 10.0. The predicted molar refractivity (Wildman–Crippen MR) is 90.9 cm³/mol. The van der Waals surface area contributed by atoms with Crippen molar-refractivity contribution in [2.24, 2.45) is 0 Å². The molecule has 3 rings (SSSR count). The van der Waals surface area contributed by atoms with E-state index < -0.39 is 6.10 Å². The molecule has 3 aromatic rings. The number of hydrogen-bond acceptors (Lipinski definition) is 4. The molecule has 120 valence electrons. The summed E-state index contributed by atoms with van der Waals surface area (Å²) in [6.45, 7) is 0. The van der Waals surface area contributed by atoms with Gasteiger partial charge >= 0.3 is 5.97 Å². The normalized spacial score (nSPS) is 11.5. The van der Waals surface area contributed by atoms with E-state index in [2.05, 4.69) is 4.98 Å². The molecule has 1 heterocycles. The van der Waals surface area contributed by atoms with Gasteiger partial charge < -0.3 is 9.47 Å². The van der Waals surface area contributed by atoms with E-state index in [-0.39, 0.29) is 5.97 Å². The number of methoxy groups -OCH3 is 1. The molecule has 24 heavy (non-hydrogen) atoms. The summed E-state index contributed by atoms with van der Waals surface area (Å²) in [7, 11) is 1.59. The SMILES string of the molecule is COc1ccc(C(=O)OC(c2ccccc2)c2ccncc2)cc1. The van der Waals surface area contributed by atoms with Gasteiger partial charge in [-0.1, -0.05) is 30.3 Å². The molecule has 4 heteroatoms. The topological polar surface area (TPSA) is 48.4 Å². The van der Waals surface area contributed by atoms with Crippen LogP contribution in [0.5, 0.6) is 5.75 Å². The van der Waals surface area contributed by atoms with Crippen molar-refractivity contribution in [2.75, 3.05) is 7.11 Å². The van der Waals surface area contributed by atoms with Crippen LogP contribution < -0.4 is 4.74 Å². The number of esters is 1. The van der Waals surface area contributed by atoms with Crippen molar-refractivity contribution >= 4 is 5.97 Å². The zero-order chi connectivity index (χ0) is 16.8. The highest BCUT2D eigenvalue weighted by atomic mass is 16.5. The van der Waals surface area contributed by atoms with Crippen LogP contribution in [0.2, 0.25) is 0 Å². The van der Waals surface area contributed by atoms with Crippen molar-refractivity contribution in [1.29, 1.82) is 0 Å². The van der Waals surface area contributed by atoms with Crippen LogP contribution in [0.15, 0.2) is 79.1 Å². The Kier molecular flexibility index (Phi) is 4.87. The molecule has 0 radical (unpaired) electrons. The maximum atomic E-state index is 12.5. The summed E-state index contributed by atoms with van der Waals surface area (Å²) in [5.41, 5.74) is 2.26. The first kappa shape index (κ1) is 15.7. The summed E-state index contributed by atoms with van der Waals surface area (Å²) in [6.07, 6.45) is 2.89. The third-order valence-electron chi connectivity index (χ3n) is 3.66. The molecule has 0 saturated heterocycles. The summed E-state index contributed by atoms with van der Waals surface area (Å²) in [5, 5.41) is 0. The molecule has 0 amide bonds. The number of rotatable bonds is 5. The lowest BCUT2D eigenvalue weighted by molar-refractivity contribution is 0.0378. The number of ether oxygens (including phenoxy) is 2. The summed E-state index contributed by atoms with van der Waals surface area (Å²) < 4.78 is 10.9. The molecule has 1 atom stereocenters. The minimum atomic E-state index is -0.483. The van der Waals surface area contributed by atoms with Crippen LogP contribution >= 0.6 is 0 Å². The summed E-state index contributed by atoms with van der Waals surface area (Å²) in [6, 6.07) is 20.2. The fourth-order valence-corrected chi connectivity index (χ4v) is 2.40. The second-order valence-electron chi connectivity index (χ2n) is 5.21. The van der Waals surface area contributed by atoms with Gasteiger partial charge in [-0.05, 0) is 42.0 Å². The summed E-state index contributed by atoms with van der Waals surface area (Å²) in [4.78, 5) is 16.5. The molecule has 4 nitrogen and oxygen atoms in total. The van der Waals surface area contributed by atoms with Gasteiger partial charge in [-0.25, -0.2) is 4.79 Å². The van der Waals surface area contributed by atoms with Crippen LogP contribution in [0.3, 0.4) is 0 Å². The molecular formula is C20H17NO3. The molecular weight excluding hydrogens is 302 g/mol. The van der Waals surface area contributed by atoms with Gasteiger partial charge in [0.25, 0.3) is 0 Å². The first-order chi connectivity index (χ1) is 11.8. The largest absolute Gasteiger partial charge is 0.497 e. The standard InChI is InChI=1S/C20H17NO3/c1-23-18-9-7-17(8-10-18)20(22)24-19(15-5-3-2-4-6-15)16-11-13-21-14-12-16/h2-14,19H,1H3. The zero-order valence-corrected chi connectivity index (χ0v) is 13.3. The van der Waals surface area contributed by atoms with Crippen LogP contribution in [0.4, 0.5) is 0 Å². The van der Waals surface area contributed by atoms with E-state index in [1.54, 1.807) is 43.8 Å². The molecule has 0 N–H and O–H groups in total. The molecule has 0 aliphatic rings. The predicted octanol–water partition coefficient (Wildman–Crippen LogP) is 4.04. The molecule has 1 unspecified atom stereocenters. The highest BCUT2D eigenvalue weighted by molar-refractivity contribution is 5.89. The Hall–Kier alpha value is -3.14. The van der Waals surface area contributed by atoms with Gasteiger partial charge in [0, 0.05) is 18.0 Å². The average molecular weight is 319 g/mol. The molecule has 1 aromatic heterocycles. The van der Waals surface area contributed by atoms with E-state index in [0.29, 0.717) is 11.3 Å². The van der Waals surface area contributed by atoms with Crippen LogP contribution in [0.1, 0.15) is 27.6 Å². The van der Waals surface area contributed by atoms with Crippen molar-refractivity contribution in [2.45, 2.75) is 6.10 Å². The van der Waals surface area contributed by atoms with Crippen molar-refractivity contribution in [1.82, 2.24) is 4.98 Å². The van der Waals surface area contributed by atoms with Gasteiger partial charge in [-0.2, -0.15) is 0 Å². The first-order valence-corrected chi connectivity index (χ1v) is 7.58. The van der Waals surface area contributed by atoms with Crippen LogP contribution in [-0.4, -0.2) is 18.1 Å². The zero-order valence-electron chi connectivity index (χ0n) is 13.3. The third-order valence-corrected chi connectivity index (χ3v) is 3.66. The van der Waals surface area contributed by atoms with Gasteiger partial charge in [-0.15, -0.1) is 0 Å². The Morgan fingerprint density at radius 2 is 1.50 bits per heavy atom. The van der Waals surface area contributed by atoms with E-state index in [0.717, 1.165) is 11.1 Å². The fraction of sp³-hybridized carbons (Fsp3) is 0.100. The Morgan fingerprint density at radius 3 is 2.12 bits per heavy atom. The van der Waals surface area contributed by atoms with Crippen LogP contribution in [0.25, 0.3) is 0 Å². The quantitative estimate of drug-likeness (QED) is 0.666. The lowest BCUT2D eigenvalue weighted by Crippen LogP contribution is -2.13. The van der Waals surface area contributed by atoms with Crippen molar-refractivity contribution in [3.8, 4) is 5.75 Å². The smallest absolute Gasteiger partial charge is 0.339 e. The van der Waals surface area contributed by atoms with E-state index in [1.165, 1.54) is 0 Å². The van der Waals surface area contributed by atoms with Gasteiger partial charge in [0.15, 0.2) is 6.10 Å².